The second-order valence-electron chi connectivity index (χ2n) is 7.12. The molecule has 29 heavy (non-hydrogen) atoms. The van der Waals surface area contributed by atoms with E-state index in [0.717, 1.165) is 5.56 Å². The number of likely N-dealkylation sites (tertiary alicyclic amines) is 1. The zero-order valence-corrected chi connectivity index (χ0v) is 15.8. The minimum atomic E-state index is -4.73. The highest BCUT2D eigenvalue weighted by molar-refractivity contribution is 5.88. The molecule has 1 amide bonds. The minimum Gasteiger partial charge on any atom is -0.426 e. The van der Waals surface area contributed by atoms with Crippen LogP contribution in [0.1, 0.15) is 18.9 Å². The molecule has 0 radical (unpaired) electrons. The first-order valence-corrected chi connectivity index (χ1v) is 9.12. The van der Waals surface area contributed by atoms with Gasteiger partial charge in [-0.05, 0) is 36.2 Å². The summed E-state index contributed by atoms with van der Waals surface area (Å²) in [5.41, 5.74) is -1.23. The molecule has 1 heterocycles. The van der Waals surface area contributed by atoms with Gasteiger partial charge in [0.25, 0.3) is 0 Å². The molecule has 8 heteroatoms. The van der Waals surface area contributed by atoms with Crippen molar-refractivity contribution in [2.24, 2.45) is 5.41 Å². The van der Waals surface area contributed by atoms with E-state index in [0.29, 0.717) is 12.2 Å². The van der Waals surface area contributed by atoms with E-state index in [1.807, 2.05) is 30.3 Å². The number of halogens is 3. The van der Waals surface area contributed by atoms with Gasteiger partial charge in [-0.25, -0.2) is 0 Å². The Hall–Kier alpha value is -2.87. The molecule has 0 unspecified atom stereocenters. The molecule has 3 rings (SSSR count). The average Bonchev–Trinajstić information content (AvgIpc) is 3.09. The van der Waals surface area contributed by atoms with E-state index in [1.54, 1.807) is 4.90 Å². The first-order valence-electron chi connectivity index (χ1n) is 9.12. The zero-order valence-electron chi connectivity index (χ0n) is 15.8. The molecule has 0 aliphatic carbocycles. The van der Waals surface area contributed by atoms with Crippen LogP contribution in [0.25, 0.3) is 0 Å². The number of rotatable bonds is 5. The molecule has 0 saturated carbocycles. The summed E-state index contributed by atoms with van der Waals surface area (Å²) in [6, 6.07) is 14.8. The second kappa shape index (κ2) is 8.24. The maximum atomic E-state index is 13.9. The lowest BCUT2D eigenvalue weighted by molar-refractivity contribution is -0.226. The quantitative estimate of drug-likeness (QED) is 0.602. The molecule has 1 atom stereocenters. The average molecular weight is 406 g/mol. The number of carbonyl (C=O) groups excluding carboxylic acids is 2. The number of alkyl halides is 3. The highest BCUT2D eigenvalue weighted by atomic mass is 19.4. The van der Waals surface area contributed by atoms with Gasteiger partial charge in [0.2, 0.25) is 5.91 Å². The summed E-state index contributed by atoms with van der Waals surface area (Å²) in [6.45, 7) is 1.36. The number of amides is 1. The maximum Gasteiger partial charge on any atom is 0.406 e. The van der Waals surface area contributed by atoms with Crippen molar-refractivity contribution in [2.45, 2.75) is 26.1 Å². The fraction of sp³-hybridized carbons (Fsp3) is 0.333. The highest BCUT2D eigenvalue weighted by Crippen LogP contribution is 2.46. The smallest absolute Gasteiger partial charge is 0.406 e. The Bertz CT molecular complexity index is 869. The Labute approximate surface area is 166 Å². The first kappa shape index (κ1) is 20.9. The molecule has 1 saturated heterocycles. The van der Waals surface area contributed by atoms with Gasteiger partial charge in [-0.15, -0.1) is 0 Å². The molecule has 1 aliphatic heterocycles. The fourth-order valence-electron chi connectivity index (χ4n) is 3.39. The predicted octanol–water partition coefficient (Wildman–Crippen LogP) is 4.01. The standard InChI is InChI=1S/C21H21F3N2O3/c1-15(27)25-17-7-9-18(10-8-17)29-19(28)20(21(22,23)24)11-12-26(14-20)13-16-5-3-2-4-6-16/h2-10H,11-14H2,1H3,(H,25,27)/t20-/m0/s1. The summed E-state index contributed by atoms with van der Waals surface area (Å²) in [5, 5.41) is 2.54. The van der Waals surface area contributed by atoms with E-state index >= 15 is 0 Å². The van der Waals surface area contributed by atoms with Crippen LogP contribution in [-0.4, -0.2) is 36.0 Å². The molecule has 0 bridgehead atoms. The number of anilines is 1. The van der Waals surface area contributed by atoms with Crippen LogP contribution >= 0.6 is 0 Å². The van der Waals surface area contributed by atoms with Crippen LogP contribution < -0.4 is 10.1 Å². The molecule has 5 nitrogen and oxygen atoms in total. The molecule has 2 aromatic rings. The van der Waals surface area contributed by atoms with Gasteiger partial charge in [-0.2, -0.15) is 13.2 Å². The van der Waals surface area contributed by atoms with Gasteiger partial charge < -0.3 is 10.1 Å². The van der Waals surface area contributed by atoms with E-state index in [1.165, 1.54) is 31.2 Å². The second-order valence-corrected chi connectivity index (χ2v) is 7.12. The van der Waals surface area contributed by atoms with Crippen LogP contribution in [0.5, 0.6) is 5.75 Å². The summed E-state index contributed by atoms with van der Waals surface area (Å²) in [4.78, 5) is 25.3. The molecule has 1 aliphatic rings. The van der Waals surface area contributed by atoms with E-state index in [4.69, 9.17) is 4.74 Å². The van der Waals surface area contributed by atoms with E-state index in [9.17, 15) is 22.8 Å². The molecule has 1 fully saturated rings. The molecule has 154 valence electrons. The van der Waals surface area contributed by atoms with Crippen molar-refractivity contribution >= 4 is 17.6 Å². The number of nitrogens with zero attached hydrogens (tertiary/aromatic N) is 1. The van der Waals surface area contributed by atoms with Crippen LogP contribution in [0.4, 0.5) is 18.9 Å². The van der Waals surface area contributed by atoms with Crippen molar-refractivity contribution in [3.63, 3.8) is 0 Å². The first-order chi connectivity index (χ1) is 13.7. The Morgan fingerprint density at radius 1 is 1.10 bits per heavy atom. The largest absolute Gasteiger partial charge is 0.426 e. The summed E-state index contributed by atoms with van der Waals surface area (Å²) >= 11 is 0. The summed E-state index contributed by atoms with van der Waals surface area (Å²) in [6.07, 6.45) is -5.09. The van der Waals surface area contributed by atoms with Gasteiger partial charge in [0.15, 0.2) is 5.41 Å². The predicted molar refractivity (Wildman–Crippen MR) is 101 cm³/mol. The van der Waals surface area contributed by atoms with Crippen LogP contribution in [-0.2, 0) is 16.1 Å². The topological polar surface area (TPSA) is 58.6 Å². The minimum absolute atomic E-state index is 0.00534. The Kier molecular flexibility index (Phi) is 5.93. The normalized spacial score (nSPS) is 19.7. The van der Waals surface area contributed by atoms with E-state index in [-0.39, 0.29) is 24.6 Å². The van der Waals surface area contributed by atoms with Gasteiger partial charge >= 0.3 is 12.1 Å². The van der Waals surface area contributed by atoms with Crippen molar-refractivity contribution in [2.75, 3.05) is 18.4 Å². The van der Waals surface area contributed by atoms with E-state index in [2.05, 4.69) is 5.32 Å². The van der Waals surface area contributed by atoms with Crippen LogP contribution in [0.3, 0.4) is 0 Å². The van der Waals surface area contributed by atoms with Crippen molar-refractivity contribution in [1.29, 1.82) is 0 Å². The lowest BCUT2D eigenvalue weighted by Crippen LogP contribution is -2.49. The molecular formula is C21H21F3N2O3. The Balaban J connectivity index is 1.73. The van der Waals surface area contributed by atoms with Crippen LogP contribution in [0.2, 0.25) is 0 Å². The highest BCUT2D eigenvalue weighted by Gasteiger charge is 2.64. The molecule has 0 aromatic heterocycles. The van der Waals surface area contributed by atoms with Crippen LogP contribution in [0, 0.1) is 5.41 Å². The number of carbonyl (C=O) groups is 2. The van der Waals surface area contributed by atoms with Gasteiger partial charge in [0, 0.05) is 32.2 Å². The number of esters is 1. The van der Waals surface area contributed by atoms with Gasteiger partial charge in [0.1, 0.15) is 5.75 Å². The summed E-state index contributed by atoms with van der Waals surface area (Å²) in [5.74, 6) is -1.60. The van der Waals surface area contributed by atoms with Gasteiger partial charge in [-0.1, -0.05) is 30.3 Å². The maximum absolute atomic E-state index is 13.9. The van der Waals surface area contributed by atoms with Crippen molar-refractivity contribution in [1.82, 2.24) is 4.90 Å². The van der Waals surface area contributed by atoms with Gasteiger partial charge in [-0.3, -0.25) is 14.5 Å². The van der Waals surface area contributed by atoms with Crippen LogP contribution in [0.15, 0.2) is 54.6 Å². The van der Waals surface area contributed by atoms with E-state index < -0.39 is 24.1 Å². The molecule has 2 aromatic carbocycles. The summed E-state index contributed by atoms with van der Waals surface area (Å²) < 4.78 is 46.8. The lowest BCUT2D eigenvalue weighted by atomic mass is 9.86. The number of nitrogens with one attached hydrogen (secondary N) is 1. The SMILES string of the molecule is CC(=O)Nc1ccc(OC(=O)[C@]2(C(F)(F)F)CCN(Cc3ccccc3)C2)cc1. The number of ether oxygens (including phenoxy) is 1. The summed E-state index contributed by atoms with van der Waals surface area (Å²) in [7, 11) is 0. The number of hydrogen-bond donors (Lipinski definition) is 1. The Morgan fingerprint density at radius 3 is 2.34 bits per heavy atom. The third-order valence-electron chi connectivity index (χ3n) is 4.92. The molecular weight excluding hydrogens is 385 g/mol. The van der Waals surface area contributed by atoms with Gasteiger partial charge in [0.05, 0.1) is 0 Å². The number of benzene rings is 2. The molecule has 0 spiro atoms. The van der Waals surface area contributed by atoms with Crippen molar-refractivity contribution in [3.05, 3.63) is 60.2 Å². The zero-order chi connectivity index (χ0) is 21.1. The lowest BCUT2D eigenvalue weighted by Gasteiger charge is -2.29. The fourth-order valence-corrected chi connectivity index (χ4v) is 3.39. The van der Waals surface area contributed by atoms with Crippen molar-refractivity contribution < 1.29 is 27.5 Å². The third kappa shape index (κ3) is 4.76. The molecule has 1 N–H and O–H groups in total. The monoisotopic (exact) mass is 406 g/mol. The number of hydrogen-bond acceptors (Lipinski definition) is 4. The van der Waals surface area contributed by atoms with Crippen molar-refractivity contribution in [3.8, 4) is 5.75 Å². The Morgan fingerprint density at radius 2 is 1.76 bits per heavy atom. The third-order valence-corrected chi connectivity index (χ3v) is 4.92.